The number of hydrogen-bond acceptors (Lipinski definition) is 4. The number of methoxy groups -OCH3 is 1. The Bertz CT molecular complexity index is 451. The molecule has 0 bridgehead atoms. The first kappa shape index (κ1) is 12.2. The number of hydrogen-bond donors (Lipinski definition) is 1. The molecule has 0 radical (unpaired) electrons. The van der Waals surface area contributed by atoms with Gasteiger partial charge in [-0.1, -0.05) is 17.5 Å². The van der Waals surface area contributed by atoms with Crippen molar-refractivity contribution in [1.29, 1.82) is 0 Å². The van der Waals surface area contributed by atoms with Gasteiger partial charge in [-0.15, -0.1) is 6.42 Å². The van der Waals surface area contributed by atoms with Gasteiger partial charge in [0.05, 0.1) is 17.8 Å². The van der Waals surface area contributed by atoms with Gasteiger partial charge >= 0.3 is 5.97 Å². The summed E-state index contributed by atoms with van der Waals surface area (Å²) >= 11 is 5.79. The number of esters is 1. The van der Waals surface area contributed by atoms with E-state index in [1.165, 1.54) is 19.2 Å². The summed E-state index contributed by atoms with van der Waals surface area (Å²) in [6, 6.07) is 2.84. The molecule has 0 aliphatic rings. The number of terminal acetylenes is 1. The van der Waals surface area contributed by atoms with E-state index in [1.54, 1.807) is 0 Å². The van der Waals surface area contributed by atoms with E-state index < -0.39 is 5.97 Å². The van der Waals surface area contributed by atoms with Crippen LogP contribution in [0.15, 0.2) is 12.1 Å². The van der Waals surface area contributed by atoms with E-state index in [9.17, 15) is 4.79 Å². The third-order valence-corrected chi connectivity index (χ3v) is 2.15. The smallest absolute Gasteiger partial charge is 0.342 e. The summed E-state index contributed by atoms with van der Waals surface area (Å²) in [5, 5.41) is 0.258. The molecule has 0 aliphatic heterocycles. The van der Waals surface area contributed by atoms with Crippen LogP contribution in [0.25, 0.3) is 0 Å². The molecule has 1 aromatic carbocycles. The molecule has 16 heavy (non-hydrogen) atoms. The molecule has 84 valence electrons. The summed E-state index contributed by atoms with van der Waals surface area (Å²) < 4.78 is 9.75. The van der Waals surface area contributed by atoms with Crippen LogP contribution < -0.4 is 10.5 Å². The van der Waals surface area contributed by atoms with Crippen LogP contribution in [0.1, 0.15) is 10.4 Å². The summed E-state index contributed by atoms with van der Waals surface area (Å²) in [4.78, 5) is 11.5. The van der Waals surface area contributed by atoms with Crippen molar-refractivity contribution in [2.75, 3.05) is 19.5 Å². The zero-order valence-corrected chi connectivity index (χ0v) is 9.38. The number of halogens is 1. The van der Waals surface area contributed by atoms with Crippen molar-refractivity contribution >= 4 is 23.3 Å². The highest BCUT2D eigenvalue weighted by Crippen LogP contribution is 2.29. The normalized spacial score (nSPS) is 9.31. The van der Waals surface area contributed by atoms with Gasteiger partial charge in [0.2, 0.25) is 0 Å². The molecule has 5 heteroatoms. The maximum absolute atomic E-state index is 11.5. The van der Waals surface area contributed by atoms with Gasteiger partial charge < -0.3 is 15.2 Å². The van der Waals surface area contributed by atoms with Crippen LogP contribution in [0.4, 0.5) is 5.69 Å². The minimum absolute atomic E-state index is 0.107. The molecule has 0 atom stereocenters. The van der Waals surface area contributed by atoms with Crippen LogP contribution in [-0.2, 0) is 4.74 Å². The van der Waals surface area contributed by atoms with E-state index in [0.717, 1.165) is 0 Å². The largest absolute Gasteiger partial charge is 0.496 e. The quantitative estimate of drug-likeness (QED) is 0.496. The number of carbonyl (C=O) groups is 1. The van der Waals surface area contributed by atoms with Crippen LogP contribution in [0, 0.1) is 12.3 Å². The molecule has 4 nitrogen and oxygen atoms in total. The SMILES string of the molecule is C#CCOC(=O)c1cc(Cl)c(N)cc1OC. The number of benzene rings is 1. The zero-order valence-electron chi connectivity index (χ0n) is 8.62. The maximum atomic E-state index is 11.5. The predicted molar refractivity (Wildman–Crippen MR) is 61.5 cm³/mol. The van der Waals surface area contributed by atoms with Gasteiger partial charge in [0.25, 0.3) is 0 Å². The predicted octanol–water partition coefficient (Wildman–Crippen LogP) is 1.72. The fourth-order valence-corrected chi connectivity index (χ4v) is 1.25. The Morgan fingerprint density at radius 3 is 2.88 bits per heavy atom. The van der Waals surface area contributed by atoms with Gasteiger partial charge in [0.1, 0.15) is 11.3 Å². The molecule has 1 aromatic rings. The van der Waals surface area contributed by atoms with Gasteiger partial charge in [-0.3, -0.25) is 0 Å². The van der Waals surface area contributed by atoms with Crippen molar-refractivity contribution < 1.29 is 14.3 Å². The Hall–Kier alpha value is -1.86. The molecule has 0 unspecified atom stereocenters. The highest BCUT2D eigenvalue weighted by Gasteiger charge is 2.15. The minimum Gasteiger partial charge on any atom is -0.496 e. The lowest BCUT2D eigenvalue weighted by atomic mass is 10.2. The Labute approximate surface area is 98.3 Å². The molecule has 0 saturated carbocycles. The monoisotopic (exact) mass is 239 g/mol. The van der Waals surface area contributed by atoms with E-state index in [-0.39, 0.29) is 17.2 Å². The first-order valence-corrected chi connectivity index (χ1v) is 4.71. The van der Waals surface area contributed by atoms with Crippen molar-refractivity contribution in [3.63, 3.8) is 0 Å². The average molecular weight is 240 g/mol. The molecule has 0 aromatic heterocycles. The number of nitrogens with two attached hydrogens (primary N) is 1. The highest BCUT2D eigenvalue weighted by molar-refractivity contribution is 6.33. The lowest BCUT2D eigenvalue weighted by molar-refractivity contribution is 0.0553. The van der Waals surface area contributed by atoms with Crippen molar-refractivity contribution in [3.05, 3.63) is 22.7 Å². The summed E-state index contributed by atoms with van der Waals surface area (Å²) in [7, 11) is 1.42. The topological polar surface area (TPSA) is 61.5 Å². The molecule has 0 fully saturated rings. The fourth-order valence-electron chi connectivity index (χ4n) is 1.08. The second kappa shape index (κ2) is 5.29. The standard InChI is InChI=1S/C11H10ClNO3/c1-3-4-16-11(14)7-5-8(12)9(13)6-10(7)15-2/h1,5-6H,4,13H2,2H3. The van der Waals surface area contributed by atoms with Gasteiger partial charge in [0.15, 0.2) is 6.61 Å². The Kier molecular flexibility index (Phi) is 4.03. The van der Waals surface area contributed by atoms with Crippen molar-refractivity contribution in [2.24, 2.45) is 0 Å². The summed E-state index contributed by atoms with van der Waals surface area (Å²) in [5.74, 6) is 1.89. The van der Waals surface area contributed by atoms with Crippen molar-refractivity contribution in [1.82, 2.24) is 0 Å². The molecule has 0 saturated heterocycles. The Morgan fingerprint density at radius 2 is 2.31 bits per heavy atom. The molecule has 0 spiro atoms. The van der Waals surface area contributed by atoms with E-state index in [4.69, 9.17) is 33.2 Å². The maximum Gasteiger partial charge on any atom is 0.342 e. The molecule has 1 rings (SSSR count). The van der Waals surface area contributed by atoms with Crippen LogP contribution in [0.2, 0.25) is 5.02 Å². The molecule has 0 heterocycles. The summed E-state index contributed by atoms with van der Waals surface area (Å²) in [5.41, 5.74) is 6.09. The van der Waals surface area contributed by atoms with Gasteiger partial charge in [-0.2, -0.15) is 0 Å². The lowest BCUT2D eigenvalue weighted by Gasteiger charge is -2.09. The highest BCUT2D eigenvalue weighted by atomic mass is 35.5. The van der Waals surface area contributed by atoms with E-state index in [2.05, 4.69) is 5.92 Å². The molecular weight excluding hydrogens is 230 g/mol. The van der Waals surface area contributed by atoms with Gasteiger partial charge in [-0.05, 0) is 6.07 Å². The van der Waals surface area contributed by atoms with Gasteiger partial charge in [0, 0.05) is 6.07 Å². The van der Waals surface area contributed by atoms with E-state index >= 15 is 0 Å². The Morgan fingerprint density at radius 1 is 1.62 bits per heavy atom. The number of anilines is 1. The number of rotatable bonds is 3. The molecule has 0 amide bonds. The molecule has 0 aliphatic carbocycles. The second-order valence-corrected chi connectivity index (χ2v) is 3.26. The van der Waals surface area contributed by atoms with Gasteiger partial charge in [-0.25, -0.2) is 4.79 Å². The van der Waals surface area contributed by atoms with Crippen LogP contribution in [-0.4, -0.2) is 19.7 Å². The fraction of sp³-hybridized carbons (Fsp3) is 0.182. The number of nitrogen functional groups attached to an aromatic ring is 1. The zero-order chi connectivity index (χ0) is 12.1. The van der Waals surface area contributed by atoms with E-state index in [1.807, 2.05) is 0 Å². The third kappa shape index (κ3) is 2.59. The number of carbonyl (C=O) groups excluding carboxylic acids is 1. The lowest BCUT2D eigenvalue weighted by Crippen LogP contribution is -2.08. The van der Waals surface area contributed by atoms with Crippen LogP contribution in [0.5, 0.6) is 5.75 Å². The van der Waals surface area contributed by atoms with E-state index in [0.29, 0.717) is 11.4 Å². The van der Waals surface area contributed by atoms with Crippen LogP contribution in [0.3, 0.4) is 0 Å². The summed E-state index contributed by atoms with van der Waals surface area (Å²) in [6.07, 6.45) is 4.97. The first-order valence-electron chi connectivity index (χ1n) is 4.33. The van der Waals surface area contributed by atoms with Crippen molar-refractivity contribution in [3.8, 4) is 18.1 Å². The second-order valence-electron chi connectivity index (χ2n) is 2.85. The van der Waals surface area contributed by atoms with Crippen molar-refractivity contribution in [2.45, 2.75) is 0 Å². The molecule has 2 N–H and O–H groups in total. The Balaban J connectivity index is 3.07. The van der Waals surface area contributed by atoms with Crippen LogP contribution >= 0.6 is 11.6 Å². The third-order valence-electron chi connectivity index (χ3n) is 1.83. The first-order chi connectivity index (χ1) is 7.60. The average Bonchev–Trinajstić information content (AvgIpc) is 2.28. The minimum atomic E-state index is -0.600. The molecular formula is C11H10ClNO3. The number of ether oxygens (including phenoxy) is 2. The summed E-state index contributed by atoms with van der Waals surface area (Å²) in [6.45, 7) is -0.107.